The first-order valence-electron chi connectivity index (χ1n) is 8.67. The second-order valence-electron chi connectivity index (χ2n) is 7.55. The zero-order valence-corrected chi connectivity index (χ0v) is 15.7. The zero-order chi connectivity index (χ0) is 17.2. The van der Waals surface area contributed by atoms with Crippen molar-refractivity contribution in [2.45, 2.75) is 44.0 Å². The van der Waals surface area contributed by atoms with Crippen LogP contribution in [0.15, 0.2) is 24.3 Å². The number of rotatable bonds is 3. The molecule has 0 bridgehead atoms. The molecule has 24 heavy (non-hydrogen) atoms. The van der Waals surface area contributed by atoms with E-state index in [1.54, 1.807) is 0 Å². The first kappa shape index (κ1) is 17.6. The Balaban J connectivity index is 1.47. The Morgan fingerprint density at radius 1 is 1.25 bits per heavy atom. The summed E-state index contributed by atoms with van der Waals surface area (Å²) in [5, 5.41) is 0. The molecule has 0 saturated carbocycles. The summed E-state index contributed by atoms with van der Waals surface area (Å²) >= 11 is 1.90. The zero-order valence-electron chi connectivity index (χ0n) is 14.8. The van der Waals surface area contributed by atoms with Crippen LogP contribution in [-0.2, 0) is 14.9 Å². The van der Waals surface area contributed by atoms with E-state index in [0.29, 0.717) is 0 Å². The van der Waals surface area contributed by atoms with Crippen molar-refractivity contribution >= 4 is 17.7 Å². The van der Waals surface area contributed by atoms with Gasteiger partial charge in [-0.3, -0.25) is 4.79 Å². The lowest BCUT2D eigenvalue weighted by Crippen LogP contribution is -2.46. The van der Waals surface area contributed by atoms with Crippen LogP contribution in [0.2, 0.25) is 0 Å². The lowest BCUT2D eigenvalue weighted by atomic mass is 9.87. The summed E-state index contributed by atoms with van der Waals surface area (Å²) in [5.41, 5.74) is 1.38. The summed E-state index contributed by atoms with van der Waals surface area (Å²) in [4.78, 5) is 14.2. The van der Waals surface area contributed by atoms with Crippen LogP contribution in [0, 0.1) is 0 Å². The predicted octanol–water partition coefficient (Wildman–Crippen LogP) is 3.45. The molecule has 1 amide bonds. The molecule has 2 saturated heterocycles. The quantitative estimate of drug-likeness (QED) is 0.838. The number of carbonyl (C=O) groups is 1. The molecule has 1 spiro atoms. The topological polar surface area (TPSA) is 38.8 Å². The van der Waals surface area contributed by atoms with Crippen LogP contribution in [0.1, 0.15) is 39.2 Å². The Bertz CT molecular complexity index is 563. The van der Waals surface area contributed by atoms with Crippen LogP contribution >= 0.6 is 11.8 Å². The Hall–Kier alpha value is -1.20. The van der Waals surface area contributed by atoms with Gasteiger partial charge in [0.25, 0.3) is 5.91 Å². The molecule has 0 radical (unpaired) electrons. The fourth-order valence-corrected chi connectivity index (χ4v) is 4.35. The molecule has 3 rings (SSSR count). The van der Waals surface area contributed by atoms with Gasteiger partial charge in [0.05, 0.1) is 6.61 Å². The monoisotopic (exact) mass is 349 g/mol. The van der Waals surface area contributed by atoms with E-state index in [1.165, 1.54) is 5.56 Å². The minimum absolute atomic E-state index is 0.0274. The number of piperidine rings is 1. The van der Waals surface area contributed by atoms with Crippen molar-refractivity contribution in [3.05, 3.63) is 29.8 Å². The van der Waals surface area contributed by atoms with E-state index in [0.717, 1.165) is 44.0 Å². The van der Waals surface area contributed by atoms with Crippen molar-refractivity contribution in [3.63, 3.8) is 0 Å². The third kappa shape index (κ3) is 4.06. The van der Waals surface area contributed by atoms with Gasteiger partial charge in [-0.1, -0.05) is 32.9 Å². The highest BCUT2D eigenvalue weighted by atomic mass is 32.2. The molecule has 4 nitrogen and oxygen atoms in total. The molecular weight excluding hydrogens is 322 g/mol. The molecule has 2 aliphatic rings. The van der Waals surface area contributed by atoms with Crippen LogP contribution in [0.5, 0.6) is 5.75 Å². The van der Waals surface area contributed by atoms with E-state index in [9.17, 15) is 4.79 Å². The van der Waals surface area contributed by atoms with Crippen molar-refractivity contribution in [1.29, 1.82) is 0 Å². The van der Waals surface area contributed by atoms with E-state index >= 15 is 0 Å². The molecule has 2 heterocycles. The highest BCUT2D eigenvalue weighted by molar-refractivity contribution is 8.00. The number of hydrogen-bond acceptors (Lipinski definition) is 4. The highest BCUT2D eigenvalue weighted by Gasteiger charge is 2.40. The van der Waals surface area contributed by atoms with Gasteiger partial charge in [-0.2, -0.15) is 0 Å². The molecule has 0 N–H and O–H groups in total. The minimum atomic E-state index is -0.0274. The molecule has 2 fully saturated rings. The Morgan fingerprint density at radius 3 is 2.46 bits per heavy atom. The van der Waals surface area contributed by atoms with Gasteiger partial charge in [0.15, 0.2) is 6.61 Å². The van der Waals surface area contributed by atoms with Crippen molar-refractivity contribution in [2.75, 3.05) is 32.1 Å². The second-order valence-corrected chi connectivity index (χ2v) is 8.99. The highest BCUT2D eigenvalue weighted by Crippen LogP contribution is 2.41. The van der Waals surface area contributed by atoms with Crippen LogP contribution in [0.25, 0.3) is 0 Å². The SMILES string of the molecule is CC(C)(C)c1ccc(OCC(=O)N2CCC3(CC2)OCCS3)cc1. The molecule has 5 heteroatoms. The van der Waals surface area contributed by atoms with E-state index in [-0.39, 0.29) is 22.9 Å². The Kier molecular flexibility index (Phi) is 5.11. The maximum atomic E-state index is 12.4. The predicted molar refractivity (Wildman–Crippen MR) is 97.6 cm³/mol. The van der Waals surface area contributed by atoms with Crippen molar-refractivity contribution in [3.8, 4) is 5.75 Å². The van der Waals surface area contributed by atoms with E-state index < -0.39 is 0 Å². The normalized spacial score (nSPS) is 20.4. The third-order valence-corrected chi connectivity index (χ3v) is 6.20. The number of ether oxygens (including phenoxy) is 2. The Labute approximate surface area is 148 Å². The first-order valence-corrected chi connectivity index (χ1v) is 9.66. The molecule has 0 aliphatic carbocycles. The smallest absolute Gasteiger partial charge is 0.260 e. The standard InChI is InChI=1S/C19H27NO3S/c1-18(2,3)15-4-6-16(7-5-15)22-14-17(21)20-10-8-19(9-11-20)23-12-13-24-19/h4-7H,8-14H2,1-3H3. The van der Waals surface area contributed by atoms with Crippen LogP contribution in [-0.4, -0.2) is 47.8 Å². The van der Waals surface area contributed by atoms with Gasteiger partial charge in [-0.25, -0.2) is 0 Å². The van der Waals surface area contributed by atoms with Gasteiger partial charge >= 0.3 is 0 Å². The van der Waals surface area contributed by atoms with Gasteiger partial charge < -0.3 is 14.4 Å². The van der Waals surface area contributed by atoms with Gasteiger partial charge in [0.1, 0.15) is 10.7 Å². The number of amides is 1. The molecular formula is C19H27NO3S. The number of hydrogen-bond donors (Lipinski definition) is 0. The number of carbonyl (C=O) groups excluding carboxylic acids is 1. The maximum Gasteiger partial charge on any atom is 0.260 e. The molecule has 0 aromatic heterocycles. The van der Waals surface area contributed by atoms with Crippen LogP contribution in [0.3, 0.4) is 0 Å². The maximum absolute atomic E-state index is 12.4. The lowest BCUT2D eigenvalue weighted by Gasteiger charge is -2.37. The molecule has 132 valence electrons. The number of nitrogens with zero attached hydrogens (tertiary/aromatic N) is 1. The summed E-state index contributed by atoms with van der Waals surface area (Å²) in [6.45, 7) is 9.02. The summed E-state index contributed by atoms with van der Waals surface area (Å²) in [5.74, 6) is 1.88. The summed E-state index contributed by atoms with van der Waals surface area (Å²) in [7, 11) is 0. The molecule has 2 aliphatic heterocycles. The van der Waals surface area contributed by atoms with Crippen molar-refractivity contribution in [1.82, 2.24) is 4.90 Å². The third-order valence-electron chi connectivity index (χ3n) is 4.77. The van der Waals surface area contributed by atoms with E-state index in [4.69, 9.17) is 9.47 Å². The molecule has 0 atom stereocenters. The van der Waals surface area contributed by atoms with Crippen molar-refractivity contribution < 1.29 is 14.3 Å². The molecule has 1 aromatic rings. The summed E-state index contributed by atoms with van der Waals surface area (Å²) in [6.07, 6.45) is 1.84. The first-order chi connectivity index (χ1) is 11.4. The molecule has 0 unspecified atom stereocenters. The minimum Gasteiger partial charge on any atom is -0.484 e. The van der Waals surface area contributed by atoms with Gasteiger partial charge in [0, 0.05) is 31.7 Å². The lowest BCUT2D eigenvalue weighted by molar-refractivity contribution is -0.136. The summed E-state index contributed by atoms with van der Waals surface area (Å²) < 4.78 is 11.5. The van der Waals surface area contributed by atoms with E-state index in [1.807, 2.05) is 28.8 Å². The molecule has 1 aromatic carbocycles. The summed E-state index contributed by atoms with van der Waals surface area (Å²) in [6, 6.07) is 8.03. The number of likely N-dealkylation sites (tertiary alicyclic amines) is 1. The van der Waals surface area contributed by atoms with E-state index in [2.05, 4.69) is 32.9 Å². The number of thioether (sulfide) groups is 1. The average Bonchev–Trinajstić information content (AvgIpc) is 3.01. The Morgan fingerprint density at radius 2 is 1.92 bits per heavy atom. The average molecular weight is 349 g/mol. The largest absolute Gasteiger partial charge is 0.484 e. The van der Waals surface area contributed by atoms with Gasteiger partial charge in [-0.05, 0) is 23.1 Å². The van der Waals surface area contributed by atoms with Gasteiger partial charge in [0.2, 0.25) is 0 Å². The number of benzene rings is 1. The van der Waals surface area contributed by atoms with Gasteiger partial charge in [-0.15, -0.1) is 11.8 Å². The van der Waals surface area contributed by atoms with Crippen LogP contribution in [0.4, 0.5) is 0 Å². The van der Waals surface area contributed by atoms with Crippen molar-refractivity contribution in [2.24, 2.45) is 0 Å². The fraction of sp³-hybridized carbons (Fsp3) is 0.632. The van der Waals surface area contributed by atoms with Crippen LogP contribution < -0.4 is 4.74 Å². The second kappa shape index (κ2) is 6.96. The fourth-order valence-electron chi connectivity index (χ4n) is 3.17.